The summed E-state index contributed by atoms with van der Waals surface area (Å²) in [6.07, 6.45) is 0. The Balaban J connectivity index is -0.0000000450. The minimum atomic E-state index is -2.85. The summed E-state index contributed by atoms with van der Waals surface area (Å²) in [5.41, 5.74) is 0. The van der Waals surface area contributed by atoms with E-state index in [0.29, 0.717) is 0 Å². The Kier molecular flexibility index (Phi) is 34.4. The van der Waals surface area contributed by atoms with Crippen molar-refractivity contribution < 1.29 is 94.4 Å². The fraction of sp³-hybridized carbons (Fsp3) is 0. The standard InChI is InChI=1S/3ClO3.Ir/c3*2-1(3)4;/q3*-1;+3. The molecule has 9 nitrogen and oxygen atoms in total. The fourth-order valence-electron chi connectivity index (χ4n) is 0. The third-order valence-corrected chi connectivity index (χ3v) is 0. The number of halogens is 3. The van der Waals surface area contributed by atoms with Crippen molar-refractivity contribution in [3.05, 3.63) is 0 Å². The van der Waals surface area contributed by atoms with Gasteiger partial charge in [0.25, 0.3) is 0 Å². The van der Waals surface area contributed by atoms with Crippen LogP contribution in [0.15, 0.2) is 0 Å². The quantitative estimate of drug-likeness (QED) is 0.348. The molecule has 13 heavy (non-hydrogen) atoms. The minimum Gasteiger partial charge on any atom is -0.357 e. The topological polar surface area (TPSA) is 208 Å². The Labute approximate surface area is 94.4 Å². The van der Waals surface area contributed by atoms with Crippen molar-refractivity contribution in [2.45, 2.75) is 0 Å². The van der Waals surface area contributed by atoms with Gasteiger partial charge < -0.3 is 41.9 Å². The summed E-state index contributed by atoms with van der Waals surface area (Å²) in [6.45, 7) is 0. The monoisotopic (exact) mass is 442 g/mol. The maximum atomic E-state index is 8.41. The molecular formula is Cl3IrO9. The van der Waals surface area contributed by atoms with Gasteiger partial charge in [-0.3, -0.25) is 0 Å². The first-order valence-corrected chi connectivity index (χ1v) is 4.17. The Morgan fingerprint density at radius 3 is 0.385 bits per heavy atom. The van der Waals surface area contributed by atoms with Crippen molar-refractivity contribution in [2.75, 3.05) is 0 Å². The van der Waals surface area contributed by atoms with Crippen molar-refractivity contribution in [1.29, 1.82) is 0 Å². The predicted octanol–water partition coefficient (Wildman–Crippen LogP) is -10.7. The molecule has 0 saturated heterocycles. The zero-order chi connectivity index (χ0) is 10.7. The molecule has 0 aliphatic carbocycles. The molecule has 0 fully saturated rings. The predicted molar refractivity (Wildman–Crippen MR) is 0 cm³/mol. The van der Waals surface area contributed by atoms with E-state index in [4.69, 9.17) is 41.9 Å². The molecule has 0 rings (SSSR count). The van der Waals surface area contributed by atoms with Gasteiger partial charge in [-0.2, -0.15) is 0 Å². The Bertz CT molecular complexity index is 43.4. The average Bonchev–Trinajstić information content (AvgIpc) is 1.54. The van der Waals surface area contributed by atoms with Crippen molar-refractivity contribution in [2.24, 2.45) is 0 Å². The molecule has 0 aliphatic heterocycles. The van der Waals surface area contributed by atoms with Crippen molar-refractivity contribution in [3.63, 3.8) is 0 Å². The van der Waals surface area contributed by atoms with Crippen LogP contribution in [-0.2, 0) is 20.1 Å². The molecule has 0 aromatic heterocycles. The van der Waals surface area contributed by atoms with Crippen LogP contribution in [0.2, 0.25) is 0 Å². The third kappa shape index (κ3) is 1220. The SMILES string of the molecule is [Ir+3].[O-][Cl+2]([O-])[O-].[O-][Cl+2]([O-])[O-].[O-][Cl+2]([O-])[O-]. The summed E-state index contributed by atoms with van der Waals surface area (Å²) >= 11 is 0. The molecule has 0 aromatic carbocycles. The van der Waals surface area contributed by atoms with Crippen LogP contribution in [0.1, 0.15) is 0 Å². The molecule has 0 unspecified atom stereocenters. The van der Waals surface area contributed by atoms with E-state index in [1.165, 1.54) is 0 Å². The largest absolute Gasteiger partial charge is 3.00 e. The summed E-state index contributed by atoms with van der Waals surface area (Å²) in [7, 11) is -8.56. The van der Waals surface area contributed by atoms with E-state index >= 15 is 0 Å². The molecule has 0 bridgehead atoms. The molecule has 0 amide bonds. The maximum Gasteiger partial charge on any atom is 3.00 e. The van der Waals surface area contributed by atoms with Crippen molar-refractivity contribution in [1.82, 2.24) is 0 Å². The van der Waals surface area contributed by atoms with E-state index in [0.717, 1.165) is 0 Å². The number of hydrogen-bond acceptors (Lipinski definition) is 9. The van der Waals surface area contributed by atoms with Gasteiger partial charge in [0.15, 0.2) is 0 Å². The van der Waals surface area contributed by atoms with E-state index in [2.05, 4.69) is 0 Å². The van der Waals surface area contributed by atoms with Crippen LogP contribution in [0.5, 0.6) is 0 Å². The van der Waals surface area contributed by atoms with Crippen LogP contribution in [0, 0.1) is 32.4 Å². The van der Waals surface area contributed by atoms with Crippen LogP contribution in [0.3, 0.4) is 0 Å². The first kappa shape index (κ1) is 23.8. The number of rotatable bonds is 0. The average molecular weight is 443 g/mol. The molecule has 0 N–H and O–H groups in total. The zero-order valence-corrected chi connectivity index (χ0v) is 9.80. The molecule has 0 aromatic rings. The van der Waals surface area contributed by atoms with Gasteiger partial charge in [-0.15, -0.1) is 0 Å². The first-order chi connectivity index (χ1) is 5.20. The summed E-state index contributed by atoms with van der Waals surface area (Å²) in [5, 5.41) is 0. The molecule has 0 radical (unpaired) electrons. The number of hydrogen-bond donors (Lipinski definition) is 0. The molecule has 84 valence electrons. The maximum absolute atomic E-state index is 8.41. The van der Waals surface area contributed by atoms with Gasteiger partial charge in [-0.1, -0.05) is 0 Å². The van der Waals surface area contributed by atoms with Gasteiger partial charge in [0, 0.05) is 0 Å². The van der Waals surface area contributed by atoms with Gasteiger partial charge in [-0.25, -0.2) is 0 Å². The van der Waals surface area contributed by atoms with Gasteiger partial charge in [0.2, 0.25) is 0 Å². The van der Waals surface area contributed by atoms with Crippen LogP contribution in [0.25, 0.3) is 0 Å². The van der Waals surface area contributed by atoms with Crippen molar-refractivity contribution >= 4 is 0 Å². The summed E-state index contributed by atoms with van der Waals surface area (Å²) in [4.78, 5) is 0. The molecular weight excluding hydrogens is 443 g/mol. The fourth-order valence-corrected chi connectivity index (χ4v) is 0. The second-order valence-electron chi connectivity index (χ2n) is 0.567. The van der Waals surface area contributed by atoms with Gasteiger partial charge >= 0.3 is 20.1 Å². The van der Waals surface area contributed by atoms with Crippen molar-refractivity contribution in [3.8, 4) is 0 Å². The van der Waals surface area contributed by atoms with Gasteiger partial charge in [-0.05, 0) is 0 Å². The van der Waals surface area contributed by atoms with Crippen LogP contribution in [-0.4, -0.2) is 0 Å². The molecule has 0 spiro atoms. The second-order valence-corrected chi connectivity index (χ2v) is 1.70. The third-order valence-electron chi connectivity index (χ3n) is 0. The smallest absolute Gasteiger partial charge is 0.357 e. The van der Waals surface area contributed by atoms with E-state index in [-0.39, 0.29) is 20.1 Å². The van der Waals surface area contributed by atoms with E-state index in [1.54, 1.807) is 0 Å². The summed E-state index contributed by atoms with van der Waals surface area (Å²) in [6, 6.07) is 0. The molecule has 0 saturated carbocycles. The Morgan fingerprint density at radius 1 is 0.385 bits per heavy atom. The Morgan fingerprint density at radius 2 is 0.385 bits per heavy atom. The van der Waals surface area contributed by atoms with E-state index in [1.807, 2.05) is 0 Å². The Hall–Kier alpha value is 1.16. The van der Waals surface area contributed by atoms with Crippen LogP contribution in [0.4, 0.5) is 0 Å². The molecule has 0 atom stereocenters. The molecule has 13 heteroatoms. The summed E-state index contributed by atoms with van der Waals surface area (Å²) in [5.74, 6) is 0. The second kappa shape index (κ2) is 18.9. The van der Waals surface area contributed by atoms with Gasteiger partial charge in [0.05, 0.1) is 32.4 Å². The minimum absolute atomic E-state index is 0. The van der Waals surface area contributed by atoms with E-state index in [9.17, 15) is 0 Å². The van der Waals surface area contributed by atoms with E-state index < -0.39 is 32.4 Å². The van der Waals surface area contributed by atoms with Crippen LogP contribution < -0.4 is 41.9 Å². The van der Waals surface area contributed by atoms with Crippen LogP contribution >= 0.6 is 0 Å². The zero-order valence-electron chi connectivity index (χ0n) is 5.14. The normalized spacial score (nSPS) is 8.31. The summed E-state index contributed by atoms with van der Waals surface area (Å²) < 4.78 is 75.7. The molecule has 0 heterocycles. The first-order valence-electron chi connectivity index (χ1n) is 1.39. The molecule has 0 aliphatic rings. The van der Waals surface area contributed by atoms with Gasteiger partial charge in [0.1, 0.15) is 0 Å².